The molecule has 0 radical (unpaired) electrons. The fourth-order valence-corrected chi connectivity index (χ4v) is 3.74. The van der Waals surface area contributed by atoms with Crippen molar-refractivity contribution in [3.63, 3.8) is 0 Å². The van der Waals surface area contributed by atoms with Crippen LogP contribution in [0.4, 0.5) is 0 Å². The number of aliphatic hydroxyl groups is 1. The lowest BCUT2D eigenvalue weighted by molar-refractivity contribution is -0.121. The van der Waals surface area contributed by atoms with Gasteiger partial charge in [-0.25, -0.2) is 0 Å². The smallest absolute Gasteiger partial charge is 0.220 e. The Kier molecular flexibility index (Phi) is 7.36. The summed E-state index contributed by atoms with van der Waals surface area (Å²) < 4.78 is 0. The third-order valence-electron chi connectivity index (χ3n) is 4.15. The number of likely N-dealkylation sites (tertiary alicyclic amines) is 1. The molecular weight excluding hydrogens is 296 g/mol. The van der Waals surface area contributed by atoms with E-state index in [1.54, 1.807) is 0 Å². The number of amides is 1. The molecule has 124 valence electrons. The number of rotatable bonds is 8. The van der Waals surface area contributed by atoms with Crippen molar-refractivity contribution in [2.75, 3.05) is 26.2 Å². The summed E-state index contributed by atoms with van der Waals surface area (Å²) in [4.78, 5) is 16.9. The molecule has 4 nitrogen and oxygen atoms in total. The van der Waals surface area contributed by atoms with Gasteiger partial charge in [0.15, 0.2) is 0 Å². The second kappa shape index (κ2) is 9.28. The third-order valence-corrected chi connectivity index (χ3v) is 5.21. The number of hydrogen-bond donors (Lipinski definition) is 2. The SMILES string of the molecule is Cc1ccc(CCCC(=O)NCCCN2CCC(O)CC2)s1. The third kappa shape index (κ3) is 6.46. The summed E-state index contributed by atoms with van der Waals surface area (Å²) in [6.45, 7) is 5.85. The van der Waals surface area contributed by atoms with Crippen LogP contribution in [0, 0.1) is 6.92 Å². The first-order valence-electron chi connectivity index (χ1n) is 8.36. The highest BCUT2D eigenvalue weighted by molar-refractivity contribution is 7.11. The topological polar surface area (TPSA) is 52.6 Å². The van der Waals surface area contributed by atoms with Gasteiger partial charge in [-0.1, -0.05) is 0 Å². The van der Waals surface area contributed by atoms with E-state index < -0.39 is 0 Å². The molecule has 0 aromatic carbocycles. The Balaban J connectivity index is 1.47. The molecule has 22 heavy (non-hydrogen) atoms. The molecule has 1 saturated heterocycles. The highest BCUT2D eigenvalue weighted by atomic mass is 32.1. The van der Waals surface area contributed by atoms with Crippen molar-refractivity contribution in [1.82, 2.24) is 10.2 Å². The minimum absolute atomic E-state index is 0.108. The molecule has 1 fully saturated rings. The zero-order valence-corrected chi connectivity index (χ0v) is 14.3. The van der Waals surface area contributed by atoms with Gasteiger partial charge in [0.05, 0.1) is 6.10 Å². The molecule has 0 aliphatic carbocycles. The van der Waals surface area contributed by atoms with Gasteiger partial charge in [0.2, 0.25) is 5.91 Å². The van der Waals surface area contributed by atoms with Crippen molar-refractivity contribution < 1.29 is 9.90 Å². The maximum atomic E-state index is 11.8. The molecule has 2 heterocycles. The van der Waals surface area contributed by atoms with Crippen LogP contribution in [0.2, 0.25) is 0 Å². The van der Waals surface area contributed by atoms with Gasteiger partial charge in [0.25, 0.3) is 0 Å². The van der Waals surface area contributed by atoms with E-state index in [1.165, 1.54) is 9.75 Å². The van der Waals surface area contributed by atoms with Crippen molar-refractivity contribution >= 4 is 17.2 Å². The molecule has 1 aliphatic heterocycles. The van der Waals surface area contributed by atoms with E-state index >= 15 is 0 Å². The van der Waals surface area contributed by atoms with Crippen molar-refractivity contribution in [2.45, 2.75) is 51.6 Å². The number of hydrogen-bond acceptors (Lipinski definition) is 4. The lowest BCUT2D eigenvalue weighted by Crippen LogP contribution is -2.37. The van der Waals surface area contributed by atoms with Crippen molar-refractivity contribution in [3.8, 4) is 0 Å². The van der Waals surface area contributed by atoms with Crippen molar-refractivity contribution in [1.29, 1.82) is 0 Å². The normalized spacial score (nSPS) is 16.8. The van der Waals surface area contributed by atoms with Gasteiger partial charge in [-0.3, -0.25) is 4.79 Å². The van der Waals surface area contributed by atoms with Crippen LogP contribution in [0.5, 0.6) is 0 Å². The van der Waals surface area contributed by atoms with E-state index in [-0.39, 0.29) is 12.0 Å². The summed E-state index contributed by atoms with van der Waals surface area (Å²) >= 11 is 1.82. The minimum Gasteiger partial charge on any atom is -0.393 e. The Morgan fingerprint density at radius 1 is 1.36 bits per heavy atom. The fourth-order valence-electron chi connectivity index (χ4n) is 2.80. The molecule has 1 amide bonds. The molecule has 0 bridgehead atoms. The van der Waals surface area contributed by atoms with Crippen molar-refractivity contribution in [2.24, 2.45) is 0 Å². The lowest BCUT2D eigenvalue weighted by Gasteiger charge is -2.29. The standard InChI is InChI=1S/C17H28N2O2S/c1-14-6-7-16(22-14)4-2-5-17(21)18-10-3-11-19-12-8-15(20)9-13-19/h6-7,15,20H,2-5,8-13H2,1H3,(H,18,21). The van der Waals surface area contributed by atoms with Gasteiger partial charge in [-0.15, -0.1) is 11.3 Å². The van der Waals surface area contributed by atoms with Gasteiger partial charge in [0.1, 0.15) is 0 Å². The summed E-state index contributed by atoms with van der Waals surface area (Å²) in [6, 6.07) is 4.30. The molecular formula is C17H28N2O2S. The van der Waals surface area contributed by atoms with Gasteiger partial charge >= 0.3 is 0 Å². The molecule has 2 rings (SSSR count). The summed E-state index contributed by atoms with van der Waals surface area (Å²) in [6.07, 6.45) is 5.20. The van der Waals surface area contributed by atoms with Crippen LogP contribution in [-0.2, 0) is 11.2 Å². The first-order chi connectivity index (χ1) is 10.6. The van der Waals surface area contributed by atoms with Crippen LogP contribution in [-0.4, -0.2) is 48.2 Å². The number of thiophene rings is 1. The summed E-state index contributed by atoms with van der Waals surface area (Å²) in [7, 11) is 0. The number of carbonyl (C=O) groups is 1. The van der Waals surface area contributed by atoms with Crippen LogP contribution in [0.25, 0.3) is 0 Å². The second-order valence-electron chi connectivity index (χ2n) is 6.14. The number of piperidine rings is 1. The van der Waals surface area contributed by atoms with Crippen LogP contribution >= 0.6 is 11.3 Å². The Bertz CT molecular complexity index is 453. The lowest BCUT2D eigenvalue weighted by atomic mass is 10.1. The van der Waals surface area contributed by atoms with E-state index in [1.807, 2.05) is 11.3 Å². The maximum absolute atomic E-state index is 11.8. The average molecular weight is 324 g/mol. The molecule has 0 unspecified atom stereocenters. The Morgan fingerprint density at radius 2 is 2.14 bits per heavy atom. The largest absolute Gasteiger partial charge is 0.393 e. The van der Waals surface area contributed by atoms with E-state index in [4.69, 9.17) is 0 Å². The molecule has 1 aromatic heterocycles. The molecule has 1 aliphatic rings. The summed E-state index contributed by atoms with van der Waals surface area (Å²) in [5.74, 6) is 0.169. The van der Waals surface area contributed by atoms with E-state index in [0.29, 0.717) is 6.42 Å². The Morgan fingerprint density at radius 3 is 2.82 bits per heavy atom. The fraction of sp³-hybridized carbons (Fsp3) is 0.706. The monoisotopic (exact) mass is 324 g/mol. The molecule has 2 N–H and O–H groups in total. The second-order valence-corrected chi connectivity index (χ2v) is 7.51. The molecule has 0 spiro atoms. The van der Waals surface area contributed by atoms with Gasteiger partial charge in [0, 0.05) is 35.8 Å². The highest BCUT2D eigenvalue weighted by Crippen LogP contribution is 2.17. The highest BCUT2D eigenvalue weighted by Gasteiger charge is 2.16. The van der Waals surface area contributed by atoms with Crippen molar-refractivity contribution in [3.05, 3.63) is 21.9 Å². The summed E-state index contributed by atoms with van der Waals surface area (Å²) in [5, 5.41) is 12.5. The predicted octanol–water partition coefficient (Wildman–Crippen LogP) is 2.34. The Hall–Kier alpha value is -0.910. The van der Waals surface area contributed by atoms with E-state index in [2.05, 4.69) is 29.3 Å². The average Bonchev–Trinajstić information content (AvgIpc) is 2.91. The predicted molar refractivity (Wildman–Crippen MR) is 91.3 cm³/mol. The number of nitrogens with one attached hydrogen (secondary N) is 1. The zero-order chi connectivity index (χ0) is 15.8. The molecule has 0 atom stereocenters. The van der Waals surface area contributed by atoms with Crippen LogP contribution < -0.4 is 5.32 Å². The van der Waals surface area contributed by atoms with Crippen LogP contribution in [0.15, 0.2) is 12.1 Å². The molecule has 0 saturated carbocycles. The zero-order valence-electron chi connectivity index (χ0n) is 13.5. The van der Waals surface area contributed by atoms with Crippen LogP contribution in [0.1, 0.15) is 41.9 Å². The molecule has 5 heteroatoms. The first kappa shape index (κ1) is 17.4. The number of aliphatic hydroxyl groups excluding tert-OH is 1. The number of carbonyl (C=O) groups excluding carboxylic acids is 1. The Labute approximate surface area is 137 Å². The first-order valence-corrected chi connectivity index (χ1v) is 9.17. The minimum atomic E-state index is -0.108. The quantitative estimate of drug-likeness (QED) is 0.722. The van der Waals surface area contributed by atoms with Gasteiger partial charge < -0.3 is 15.3 Å². The number of aryl methyl sites for hydroxylation is 2. The van der Waals surface area contributed by atoms with Gasteiger partial charge in [-0.2, -0.15) is 0 Å². The summed E-state index contributed by atoms with van der Waals surface area (Å²) in [5.41, 5.74) is 0. The van der Waals surface area contributed by atoms with E-state index in [9.17, 15) is 9.90 Å². The van der Waals surface area contributed by atoms with Gasteiger partial charge in [-0.05, 0) is 57.7 Å². The maximum Gasteiger partial charge on any atom is 0.220 e. The number of nitrogens with zero attached hydrogens (tertiary/aromatic N) is 1. The molecule has 1 aromatic rings. The van der Waals surface area contributed by atoms with E-state index in [0.717, 1.165) is 58.3 Å². The van der Waals surface area contributed by atoms with Crippen LogP contribution in [0.3, 0.4) is 0 Å².